The van der Waals surface area contributed by atoms with Crippen molar-refractivity contribution in [1.29, 1.82) is 10.5 Å². The molecule has 0 aliphatic heterocycles. The summed E-state index contributed by atoms with van der Waals surface area (Å²) in [5, 5.41) is 19.6. The van der Waals surface area contributed by atoms with Crippen molar-refractivity contribution in [2.45, 2.75) is 39.2 Å². The predicted octanol–water partition coefficient (Wildman–Crippen LogP) is 5.49. The fourth-order valence-electron chi connectivity index (χ4n) is 3.81. The molecular formula is C23H19ClN4. The van der Waals surface area contributed by atoms with Crippen LogP contribution in [-0.2, 0) is 6.54 Å². The number of hydrogen-bond acceptors (Lipinski definition) is 3. The molecule has 1 aromatic carbocycles. The predicted molar refractivity (Wildman–Crippen MR) is 109 cm³/mol. The third-order valence-corrected chi connectivity index (χ3v) is 5.75. The Kier molecular flexibility index (Phi) is 4.67. The van der Waals surface area contributed by atoms with Crippen LogP contribution in [0.25, 0.3) is 11.1 Å². The molecule has 4 nitrogen and oxygen atoms in total. The third-order valence-electron chi connectivity index (χ3n) is 5.35. The molecule has 0 radical (unpaired) electrons. The van der Waals surface area contributed by atoms with Crippen LogP contribution in [0.15, 0.2) is 36.5 Å². The molecule has 3 aromatic rings. The first-order valence-electron chi connectivity index (χ1n) is 9.28. The molecule has 0 spiro atoms. The summed E-state index contributed by atoms with van der Waals surface area (Å²) in [5.41, 5.74) is 7.50. The quantitative estimate of drug-likeness (QED) is 0.557. The van der Waals surface area contributed by atoms with Crippen LogP contribution in [0.3, 0.4) is 0 Å². The Morgan fingerprint density at radius 3 is 2.43 bits per heavy atom. The molecule has 0 unspecified atom stereocenters. The number of nitrogens with zero attached hydrogens (tertiary/aromatic N) is 4. The number of hydrogen-bond donors (Lipinski definition) is 0. The number of benzene rings is 1. The van der Waals surface area contributed by atoms with Gasteiger partial charge >= 0.3 is 0 Å². The maximum atomic E-state index is 9.98. The highest BCUT2D eigenvalue weighted by atomic mass is 35.5. The normalized spacial score (nSPS) is 13.2. The van der Waals surface area contributed by atoms with Gasteiger partial charge in [0.15, 0.2) is 0 Å². The number of halogens is 1. The smallest absolute Gasteiger partial charge is 0.131 e. The zero-order valence-corrected chi connectivity index (χ0v) is 16.6. The SMILES string of the molecule is Cc1cc(Cn2c(C)c(-c3ccc(C#N)cc3)c(C#N)c2C2CC2)cnc1Cl. The van der Waals surface area contributed by atoms with E-state index in [1.807, 2.05) is 19.1 Å². The molecule has 0 atom stereocenters. The van der Waals surface area contributed by atoms with Crippen LogP contribution < -0.4 is 0 Å². The van der Waals surface area contributed by atoms with Crippen LogP contribution in [0.5, 0.6) is 0 Å². The first-order chi connectivity index (χ1) is 13.5. The van der Waals surface area contributed by atoms with Gasteiger partial charge in [-0.2, -0.15) is 10.5 Å². The van der Waals surface area contributed by atoms with Gasteiger partial charge in [0.25, 0.3) is 0 Å². The number of pyridine rings is 1. The van der Waals surface area contributed by atoms with Gasteiger partial charge in [-0.3, -0.25) is 0 Å². The van der Waals surface area contributed by atoms with E-state index in [1.165, 1.54) is 0 Å². The van der Waals surface area contributed by atoms with Crippen molar-refractivity contribution in [3.8, 4) is 23.3 Å². The summed E-state index contributed by atoms with van der Waals surface area (Å²) < 4.78 is 2.26. The highest BCUT2D eigenvalue weighted by Gasteiger charge is 2.33. The Labute approximate surface area is 169 Å². The standard InChI is InChI=1S/C23H19ClN4/c1-14-9-17(12-27-23(14)24)13-28-15(2)21(18-5-3-16(10-25)4-6-18)20(11-26)22(28)19-7-8-19/h3-6,9,12,19H,7-8,13H2,1-2H3. The lowest BCUT2D eigenvalue weighted by Gasteiger charge is -2.12. The van der Waals surface area contributed by atoms with Gasteiger partial charge in [-0.05, 0) is 61.6 Å². The number of aromatic nitrogens is 2. The molecule has 2 heterocycles. The molecule has 1 aliphatic carbocycles. The van der Waals surface area contributed by atoms with Gasteiger partial charge in [0, 0.05) is 35.6 Å². The van der Waals surface area contributed by atoms with Crippen LogP contribution in [0.1, 0.15) is 52.4 Å². The molecule has 5 heteroatoms. The second-order valence-corrected chi connectivity index (χ2v) is 7.69. The second kappa shape index (κ2) is 7.15. The van der Waals surface area contributed by atoms with Crippen LogP contribution in [0, 0.1) is 36.5 Å². The molecule has 1 fully saturated rings. The van der Waals surface area contributed by atoms with Crippen molar-refractivity contribution in [3.05, 3.63) is 75.3 Å². The first kappa shape index (κ1) is 18.3. The van der Waals surface area contributed by atoms with E-state index in [0.717, 1.165) is 52.0 Å². The second-order valence-electron chi connectivity index (χ2n) is 7.33. The molecule has 0 N–H and O–H groups in total. The fourth-order valence-corrected chi connectivity index (χ4v) is 3.91. The van der Waals surface area contributed by atoms with Gasteiger partial charge in [-0.15, -0.1) is 0 Å². The molecule has 28 heavy (non-hydrogen) atoms. The highest BCUT2D eigenvalue weighted by Crippen LogP contribution is 2.46. The summed E-state index contributed by atoms with van der Waals surface area (Å²) in [7, 11) is 0. The van der Waals surface area contributed by atoms with Crippen molar-refractivity contribution in [1.82, 2.24) is 9.55 Å². The zero-order chi connectivity index (χ0) is 19.8. The average Bonchev–Trinajstić information content (AvgIpc) is 3.50. The third kappa shape index (κ3) is 3.17. The first-order valence-corrected chi connectivity index (χ1v) is 9.66. The Hall–Kier alpha value is -3.08. The van der Waals surface area contributed by atoms with E-state index in [1.54, 1.807) is 18.3 Å². The van der Waals surface area contributed by atoms with Crippen molar-refractivity contribution in [2.75, 3.05) is 0 Å². The maximum Gasteiger partial charge on any atom is 0.131 e. The molecule has 138 valence electrons. The average molecular weight is 387 g/mol. The Morgan fingerprint density at radius 2 is 1.86 bits per heavy atom. The Bertz CT molecular complexity index is 1140. The van der Waals surface area contributed by atoms with E-state index in [2.05, 4.69) is 34.7 Å². The molecule has 1 aliphatic rings. The van der Waals surface area contributed by atoms with Crippen LogP contribution >= 0.6 is 11.6 Å². The summed E-state index contributed by atoms with van der Waals surface area (Å²) in [6.45, 7) is 4.68. The molecule has 0 bridgehead atoms. The van der Waals surface area contributed by atoms with E-state index in [4.69, 9.17) is 16.9 Å². The van der Waals surface area contributed by atoms with Crippen LogP contribution in [0.2, 0.25) is 5.15 Å². The summed E-state index contributed by atoms with van der Waals surface area (Å²) in [5.74, 6) is 0.432. The van der Waals surface area contributed by atoms with Gasteiger partial charge in [-0.1, -0.05) is 23.7 Å². The monoisotopic (exact) mass is 386 g/mol. The van der Waals surface area contributed by atoms with E-state index >= 15 is 0 Å². The molecule has 0 amide bonds. The van der Waals surface area contributed by atoms with Gasteiger partial charge in [0.1, 0.15) is 11.2 Å². The van der Waals surface area contributed by atoms with E-state index in [9.17, 15) is 5.26 Å². The summed E-state index contributed by atoms with van der Waals surface area (Å²) in [6.07, 6.45) is 4.03. The number of nitriles is 2. The molecular weight excluding hydrogens is 368 g/mol. The lowest BCUT2D eigenvalue weighted by Crippen LogP contribution is -2.07. The van der Waals surface area contributed by atoms with Crippen molar-refractivity contribution in [3.63, 3.8) is 0 Å². The largest absolute Gasteiger partial charge is 0.342 e. The Morgan fingerprint density at radius 1 is 1.14 bits per heavy atom. The summed E-state index contributed by atoms with van der Waals surface area (Å²) in [6, 6.07) is 14.1. The van der Waals surface area contributed by atoms with Gasteiger partial charge in [-0.25, -0.2) is 4.98 Å². The van der Waals surface area contributed by atoms with Crippen LogP contribution in [-0.4, -0.2) is 9.55 Å². The van der Waals surface area contributed by atoms with E-state index < -0.39 is 0 Å². The van der Waals surface area contributed by atoms with Crippen molar-refractivity contribution in [2.24, 2.45) is 0 Å². The lowest BCUT2D eigenvalue weighted by atomic mass is 9.99. The van der Waals surface area contributed by atoms with E-state index in [-0.39, 0.29) is 0 Å². The van der Waals surface area contributed by atoms with E-state index in [0.29, 0.717) is 23.2 Å². The molecule has 0 saturated heterocycles. The van der Waals surface area contributed by atoms with Crippen LogP contribution in [0.4, 0.5) is 0 Å². The minimum atomic E-state index is 0.432. The zero-order valence-electron chi connectivity index (χ0n) is 15.8. The number of rotatable bonds is 4. The van der Waals surface area contributed by atoms with Gasteiger partial charge in [0.2, 0.25) is 0 Å². The van der Waals surface area contributed by atoms with Crippen molar-refractivity contribution >= 4 is 11.6 Å². The Balaban J connectivity index is 1.86. The summed E-state index contributed by atoms with van der Waals surface area (Å²) in [4.78, 5) is 4.28. The number of aryl methyl sites for hydroxylation is 1. The maximum absolute atomic E-state index is 9.98. The van der Waals surface area contributed by atoms with Gasteiger partial charge < -0.3 is 4.57 Å². The molecule has 4 rings (SSSR count). The topological polar surface area (TPSA) is 65.4 Å². The minimum Gasteiger partial charge on any atom is -0.342 e. The van der Waals surface area contributed by atoms with Gasteiger partial charge in [0.05, 0.1) is 17.2 Å². The highest BCUT2D eigenvalue weighted by molar-refractivity contribution is 6.30. The molecule has 1 saturated carbocycles. The summed E-state index contributed by atoms with van der Waals surface area (Å²) >= 11 is 6.08. The van der Waals surface area contributed by atoms with Crippen molar-refractivity contribution < 1.29 is 0 Å². The lowest BCUT2D eigenvalue weighted by molar-refractivity contribution is 0.719. The molecule has 2 aromatic heterocycles. The minimum absolute atomic E-state index is 0.432. The fraction of sp³-hybridized carbons (Fsp3) is 0.261.